The first-order chi connectivity index (χ1) is 5.29. The van der Waals surface area contributed by atoms with Gasteiger partial charge in [0.1, 0.15) is 6.17 Å². The molecule has 2 aliphatic rings. The van der Waals surface area contributed by atoms with Crippen molar-refractivity contribution in [2.75, 3.05) is 13.1 Å². The van der Waals surface area contributed by atoms with Crippen LogP contribution in [0.5, 0.6) is 0 Å². The van der Waals surface area contributed by atoms with Crippen LogP contribution in [0.15, 0.2) is 0 Å². The van der Waals surface area contributed by atoms with E-state index in [-0.39, 0.29) is 5.54 Å². The number of nitrogens with zero attached hydrogens (tertiary/aromatic N) is 1. The van der Waals surface area contributed by atoms with Crippen molar-refractivity contribution in [3.63, 3.8) is 0 Å². The summed E-state index contributed by atoms with van der Waals surface area (Å²) >= 11 is 0. The molecule has 0 spiro atoms. The van der Waals surface area contributed by atoms with Gasteiger partial charge in [0, 0.05) is 6.54 Å². The van der Waals surface area contributed by atoms with Gasteiger partial charge in [-0.05, 0) is 32.2 Å². The van der Waals surface area contributed by atoms with Gasteiger partial charge in [-0.1, -0.05) is 6.92 Å². The second-order valence-corrected chi connectivity index (χ2v) is 3.80. The summed E-state index contributed by atoms with van der Waals surface area (Å²) in [5, 5.41) is 0. The molecule has 2 atom stereocenters. The minimum atomic E-state index is -0.546. The minimum absolute atomic E-state index is 0.0278. The summed E-state index contributed by atoms with van der Waals surface area (Å²) in [4.78, 5) is 2.36. The number of rotatable bonds is 1. The predicted molar refractivity (Wildman–Crippen MR) is 43.3 cm³/mol. The molecule has 0 N–H and O–H groups in total. The van der Waals surface area contributed by atoms with E-state index in [1.807, 2.05) is 0 Å². The molecule has 0 aromatic heterocycles. The Hall–Kier alpha value is -0.110. The zero-order chi connectivity index (χ0) is 7.90. The van der Waals surface area contributed by atoms with Crippen molar-refractivity contribution in [2.24, 2.45) is 0 Å². The minimum Gasteiger partial charge on any atom is -0.295 e. The third kappa shape index (κ3) is 0.851. The summed E-state index contributed by atoms with van der Waals surface area (Å²) in [5.74, 6) is 0. The van der Waals surface area contributed by atoms with Crippen LogP contribution in [0.25, 0.3) is 0 Å². The van der Waals surface area contributed by atoms with Crippen LogP contribution in [0, 0.1) is 0 Å². The highest BCUT2D eigenvalue weighted by atomic mass is 19.1. The summed E-state index contributed by atoms with van der Waals surface area (Å²) in [6.07, 6.45) is 3.51. The first kappa shape index (κ1) is 7.53. The Morgan fingerprint density at radius 3 is 3.00 bits per heavy atom. The lowest BCUT2D eigenvalue weighted by Gasteiger charge is -2.32. The highest BCUT2D eigenvalue weighted by Crippen LogP contribution is 2.42. The first-order valence-electron chi connectivity index (χ1n) is 4.69. The molecule has 0 saturated carbocycles. The van der Waals surface area contributed by atoms with E-state index >= 15 is 0 Å². The molecule has 0 bridgehead atoms. The van der Waals surface area contributed by atoms with E-state index in [4.69, 9.17) is 0 Å². The summed E-state index contributed by atoms with van der Waals surface area (Å²) in [7, 11) is 0. The Morgan fingerprint density at radius 1 is 1.55 bits per heavy atom. The van der Waals surface area contributed by atoms with Crippen LogP contribution in [-0.4, -0.2) is 29.7 Å². The van der Waals surface area contributed by atoms with E-state index in [0.29, 0.717) is 0 Å². The average molecular weight is 157 g/mol. The van der Waals surface area contributed by atoms with Crippen LogP contribution < -0.4 is 0 Å². The Labute approximate surface area is 67.6 Å². The van der Waals surface area contributed by atoms with E-state index in [0.717, 1.165) is 32.4 Å². The topological polar surface area (TPSA) is 3.24 Å². The molecule has 2 heteroatoms. The maximum absolute atomic E-state index is 13.5. The molecule has 0 aromatic carbocycles. The normalized spacial score (nSPS) is 44.7. The maximum atomic E-state index is 13.5. The van der Waals surface area contributed by atoms with Crippen molar-refractivity contribution >= 4 is 0 Å². The Bertz CT molecular complexity index is 160. The van der Waals surface area contributed by atoms with Crippen molar-refractivity contribution < 1.29 is 4.39 Å². The maximum Gasteiger partial charge on any atom is 0.120 e. The third-order valence-corrected chi connectivity index (χ3v) is 3.52. The molecular weight excluding hydrogens is 141 g/mol. The molecule has 0 aliphatic carbocycles. The lowest BCUT2D eigenvalue weighted by atomic mass is 9.90. The summed E-state index contributed by atoms with van der Waals surface area (Å²) in [5.41, 5.74) is -0.0278. The van der Waals surface area contributed by atoms with E-state index < -0.39 is 6.17 Å². The van der Waals surface area contributed by atoms with E-state index in [9.17, 15) is 4.39 Å². The molecular formula is C9H16FN. The van der Waals surface area contributed by atoms with Gasteiger partial charge in [-0.3, -0.25) is 4.90 Å². The van der Waals surface area contributed by atoms with E-state index in [1.54, 1.807) is 0 Å². The zero-order valence-corrected chi connectivity index (χ0v) is 7.15. The molecule has 11 heavy (non-hydrogen) atoms. The molecule has 2 rings (SSSR count). The molecule has 2 fully saturated rings. The van der Waals surface area contributed by atoms with Crippen LogP contribution in [0.1, 0.15) is 32.6 Å². The molecule has 2 saturated heterocycles. The van der Waals surface area contributed by atoms with Gasteiger partial charge < -0.3 is 0 Å². The Kier molecular flexibility index (Phi) is 1.67. The fourth-order valence-electron chi connectivity index (χ4n) is 2.81. The lowest BCUT2D eigenvalue weighted by Crippen LogP contribution is -2.43. The van der Waals surface area contributed by atoms with Crippen LogP contribution in [0.2, 0.25) is 0 Å². The quantitative estimate of drug-likeness (QED) is 0.562. The smallest absolute Gasteiger partial charge is 0.120 e. The Balaban J connectivity index is 2.22. The number of alkyl halides is 1. The molecule has 2 aliphatic heterocycles. The van der Waals surface area contributed by atoms with Crippen molar-refractivity contribution in [3.05, 3.63) is 0 Å². The Morgan fingerprint density at radius 2 is 2.36 bits per heavy atom. The molecule has 2 heterocycles. The highest BCUT2D eigenvalue weighted by molar-refractivity contribution is 5.05. The van der Waals surface area contributed by atoms with Gasteiger partial charge in [-0.15, -0.1) is 0 Å². The summed E-state index contributed by atoms with van der Waals surface area (Å²) < 4.78 is 13.5. The number of halogens is 1. The molecule has 0 amide bonds. The summed E-state index contributed by atoms with van der Waals surface area (Å²) in [6.45, 7) is 4.25. The molecule has 0 aromatic rings. The van der Waals surface area contributed by atoms with Crippen molar-refractivity contribution in [1.82, 2.24) is 4.90 Å². The second-order valence-electron chi connectivity index (χ2n) is 3.80. The van der Waals surface area contributed by atoms with E-state index in [1.165, 1.54) is 6.42 Å². The van der Waals surface area contributed by atoms with Crippen LogP contribution in [0.4, 0.5) is 4.39 Å². The predicted octanol–water partition coefficient (Wildman–Crippen LogP) is 1.97. The second kappa shape index (κ2) is 2.44. The van der Waals surface area contributed by atoms with Gasteiger partial charge in [0.25, 0.3) is 0 Å². The fourth-order valence-corrected chi connectivity index (χ4v) is 2.81. The standard InChI is InChI=1S/C9H16FN/c1-2-9-5-3-6-11(9)7-4-8(9)10/h8H,2-7H2,1H3/t8-,9-/m1/s1. The lowest BCUT2D eigenvalue weighted by molar-refractivity contribution is 0.113. The van der Waals surface area contributed by atoms with Crippen LogP contribution in [-0.2, 0) is 0 Å². The van der Waals surface area contributed by atoms with Crippen LogP contribution in [0.3, 0.4) is 0 Å². The van der Waals surface area contributed by atoms with Gasteiger partial charge in [-0.25, -0.2) is 4.39 Å². The third-order valence-electron chi connectivity index (χ3n) is 3.52. The monoisotopic (exact) mass is 157 g/mol. The van der Waals surface area contributed by atoms with E-state index in [2.05, 4.69) is 11.8 Å². The highest BCUT2D eigenvalue weighted by Gasteiger charge is 2.50. The first-order valence-corrected chi connectivity index (χ1v) is 4.69. The van der Waals surface area contributed by atoms with Gasteiger partial charge in [0.05, 0.1) is 5.54 Å². The fraction of sp³-hybridized carbons (Fsp3) is 1.00. The van der Waals surface area contributed by atoms with Crippen molar-refractivity contribution in [1.29, 1.82) is 0 Å². The summed E-state index contributed by atoms with van der Waals surface area (Å²) in [6, 6.07) is 0. The van der Waals surface area contributed by atoms with Gasteiger partial charge in [0.15, 0.2) is 0 Å². The molecule has 64 valence electrons. The average Bonchev–Trinajstić information content (AvgIpc) is 2.53. The van der Waals surface area contributed by atoms with Crippen molar-refractivity contribution in [3.8, 4) is 0 Å². The number of fused-ring (bicyclic) bond motifs is 1. The molecule has 0 radical (unpaired) electrons. The number of hydrogen-bond acceptors (Lipinski definition) is 1. The molecule has 1 nitrogen and oxygen atoms in total. The largest absolute Gasteiger partial charge is 0.295 e. The zero-order valence-electron chi connectivity index (χ0n) is 7.15. The SMILES string of the molecule is CC[C@]12CCCN1CC[C@H]2F. The number of hydrogen-bond donors (Lipinski definition) is 0. The van der Waals surface area contributed by atoms with Gasteiger partial charge in [-0.2, -0.15) is 0 Å². The van der Waals surface area contributed by atoms with Crippen LogP contribution >= 0.6 is 0 Å². The van der Waals surface area contributed by atoms with Gasteiger partial charge >= 0.3 is 0 Å². The van der Waals surface area contributed by atoms with Crippen molar-refractivity contribution in [2.45, 2.75) is 44.3 Å². The van der Waals surface area contributed by atoms with Gasteiger partial charge in [0.2, 0.25) is 0 Å². The molecule has 0 unspecified atom stereocenters.